The highest BCUT2D eigenvalue weighted by Gasteiger charge is 2.23. The maximum Gasteiger partial charge on any atom is 0.238 e. The molecular weight excluding hydrogens is 247 g/mol. The highest BCUT2D eigenvalue weighted by atomic mass is 19.1. The van der Waals surface area contributed by atoms with E-state index >= 15 is 0 Å². The Bertz CT molecular complexity index is 443. The molecule has 1 aromatic rings. The maximum atomic E-state index is 13.0. The van der Waals surface area contributed by atoms with Crippen LogP contribution in [0.4, 0.5) is 10.1 Å². The Morgan fingerprint density at radius 3 is 2.74 bits per heavy atom. The zero-order valence-electron chi connectivity index (χ0n) is 11.2. The van der Waals surface area contributed by atoms with E-state index in [2.05, 4.69) is 5.32 Å². The van der Waals surface area contributed by atoms with Crippen LogP contribution in [0.2, 0.25) is 0 Å². The maximum absolute atomic E-state index is 13.0. The van der Waals surface area contributed by atoms with Crippen LogP contribution in [0.1, 0.15) is 13.8 Å². The molecule has 5 heteroatoms. The minimum absolute atomic E-state index is 0.130. The predicted molar refractivity (Wildman–Crippen MR) is 71.5 cm³/mol. The molecule has 1 heterocycles. The van der Waals surface area contributed by atoms with Crippen molar-refractivity contribution in [1.29, 1.82) is 0 Å². The summed E-state index contributed by atoms with van der Waals surface area (Å²) in [6.45, 7) is 5.76. The molecule has 2 atom stereocenters. The van der Waals surface area contributed by atoms with Gasteiger partial charge in [-0.25, -0.2) is 4.39 Å². The second-order valence-corrected chi connectivity index (χ2v) is 5.01. The molecule has 1 amide bonds. The van der Waals surface area contributed by atoms with E-state index < -0.39 is 0 Å². The average Bonchev–Trinajstić information content (AvgIpc) is 2.26. The second-order valence-electron chi connectivity index (χ2n) is 5.01. The molecule has 0 bridgehead atoms. The van der Waals surface area contributed by atoms with Gasteiger partial charge in [0.25, 0.3) is 0 Å². The lowest BCUT2D eigenvalue weighted by Crippen LogP contribution is -2.48. The van der Waals surface area contributed by atoms with Crippen molar-refractivity contribution in [3.05, 3.63) is 30.1 Å². The third kappa shape index (κ3) is 4.29. The van der Waals surface area contributed by atoms with Gasteiger partial charge in [0.1, 0.15) is 5.82 Å². The van der Waals surface area contributed by atoms with Crippen LogP contribution in [0.5, 0.6) is 0 Å². The number of ether oxygens (including phenoxy) is 1. The van der Waals surface area contributed by atoms with Gasteiger partial charge in [-0.15, -0.1) is 0 Å². The van der Waals surface area contributed by atoms with Gasteiger partial charge in [-0.3, -0.25) is 9.69 Å². The molecule has 0 aromatic heterocycles. The topological polar surface area (TPSA) is 41.6 Å². The Balaban J connectivity index is 1.87. The van der Waals surface area contributed by atoms with Crippen LogP contribution in [0.25, 0.3) is 0 Å². The van der Waals surface area contributed by atoms with Crippen molar-refractivity contribution in [3.63, 3.8) is 0 Å². The van der Waals surface area contributed by atoms with Gasteiger partial charge < -0.3 is 10.1 Å². The quantitative estimate of drug-likeness (QED) is 0.908. The van der Waals surface area contributed by atoms with Gasteiger partial charge in [0.15, 0.2) is 0 Å². The number of benzene rings is 1. The number of rotatable bonds is 3. The van der Waals surface area contributed by atoms with Crippen LogP contribution in [0, 0.1) is 5.82 Å². The fraction of sp³-hybridized carbons (Fsp3) is 0.500. The second kappa shape index (κ2) is 6.12. The number of nitrogens with zero attached hydrogens (tertiary/aromatic N) is 1. The molecule has 0 radical (unpaired) electrons. The molecule has 0 spiro atoms. The summed E-state index contributed by atoms with van der Waals surface area (Å²) >= 11 is 0. The Morgan fingerprint density at radius 2 is 2.11 bits per heavy atom. The van der Waals surface area contributed by atoms with Gasteiger partial charge in [-0.1, -0.05) is 6.07 Å². The highest BCUT2D eigenvalue weighted by Crippen LogP contribution is 2.12. The summed E-state index contributed by atoms with van der Waals surface area (Å²) in [4.78, 5) is 13.9. The predicted octanol–water partition coefficient (Wildman–Crippen LogP) is 1.87. The lowest BCUT2D eigenvalue weighted by atomic mass is 10.2. The van der Waals surface area contributed by atoms with E-state index in [9.17, 15) is 9.18 Å². The van der Waals surface area contributed by atoms with Gasteiger partial charge in [0, 0.05) is 18.8 Å². The first-order chi connectivity index (χ1) is 9.02. The van der Waals surface area contributed by atoms with E-state index in [-0.39, 0.29) is 23.9 Å². The van der Waals surface area contributed by atoms with Crippen molar-refractivity contribution in [2.24, 2.45) is 0 Å². The van der Waals surface area contributed by atoms with E-state index in [1.54, 1.807) is 12.1 Å². The highest BCUT2D eigenvalue weighted by molar-refractivity contribution is 5.92. The van der Waals surface area contributed by atoms with E-state index in [4.69, 9.17) is 4.74 Å². The fourth-order valence-corrected chi connectivity index (χ4v) is 2.38. The SMILES string of the molecule is C[C@H]1CN(CC(=O)Nc2cccc(F)c2)C[C@H](C)O1. The summed E-state index contributed by atoms with van der Waals surface area (Å²) in [6, 6.07) is 5.90. The van der Waals surface area contributed by atoms with Gasteiger partial charge >= 0.3 is 0 Å². The minimum Gasteiger partial charge on any atom is -0.373 e. The number of carbonyl (C=O) groups is 1. The molecule has 1 saturated heterocycles. The first kappa shape index (κ1) is 14.0. The third-order valence-corrected chi connectivity index (χ3v) is 2.97. The summed E-state index contributed by atoms with van der Waals surface area (Å²) in [5.74, 6) is -0.488. The van der Waals surface area contributed by atoms with Crippen LogP contribution in [-0.2, 0) is 9.53 Å². The lowest BCUT2D eigenvalue weighted by molar-refractivity contribution is -0.121. The molecule has 1 fully saturated rings. The molecule has 4 nitrogen and oxygen atoms in total. The molecule has 19 heavy (non-hydrogen) atoms. The number of hydrogen-bond acceptors (Lipinski definition) is 3. The molecule has 1 aliphatic heterocycles. The summed E-state index contributed by atoms with van der Waals surface area (Å²) in [5.41, 5.74) is 0.486. The number of morpholine rings is 1. The molecule has 2 rings (SSSR count). The number of nitrogens with one attached hydrogen (secondary N) is 1. The van der Waals surface area contributed by atoms with Crippen molar-refractivity contribution in [1.82, 2.24) is 4.90 Å². The molecule has 0 unspecified atom stereocenters. The fourth-order valence-electron chi connectivity index (χ4n) is 2.38. The van der Waals surface area contributed by atoms with E-state index in [1.165, 1.54) is 12.1 Å². The molecular formula is C14H19FN2O2. The lowest BCUT2D eigenvalue weighted by Gasteiger charge is -2.34. The number of hydrogen-bond donors (Lipinski definition) is 1. The molecule has 1 aliphatic rings. The number of amides is 1. The number of carbonyl (C=O) groups excluding carboxylic acids is 1. The van der Waals surface area contributed by atoms with Crippen LogP contribution < -0.4 is 5.32 Å². The van der Waals surface area contributed by atoms with E-state index in [1.807, 2.05) is 18.7 Å². The Labute approximate surface area is 112 Å². The number of anilines is 1. The third-order valence-electron chi connectivity index (χ3n) is 2.97. The molecule has 0 aliphatic carbocycles. The summed E-state index contributed by atoms with van der Waals surface area (Å²) in [7, 11) is 0. The van der Waals surface area contributed by atoms with Gasteiger partial charge in [0.05, 0.1) is 18.8 Å². The van der Waals surface area contributed by atoms with Gasteiger partial charge in [0.2, 0.25) is 5.91 Å². The summed E-state index contributed by atoms with van der Waals surface area (Å²) in [6.07, 6.45) is 0.261. The standard InChI is InChI=1S/C14H19FN2O2/c1-10-7-17(8-11(2)19-10)9-14(18)16-13-5-3-4-12(15)6-13/h3-6,10-11H,7-9H2,1-2H3,(H,16,18)/t10-,11-/m0/s1. The Kier molecular flexibility index (Phi) is 4.50. The minimum atomic E-state index is -0.355. The summed E-state index contributed by atoms with van der Waals surface area (Å²) < 4.78 is 18.6. The van der Waals surface area contributed by atoms with E-state index in [0.717, 1.165) is 13.1 Å². The molecule has 104 valence electrons. The van der Waals surface area contributed by atoms with Crippen LogP contribution in [0.3, 0.4) is 0 Å². The normalized spacial score (nSPS) is 24.2. The largest absolute Gasteiger partial charge is 0.373 e. The van der Waals surface area contributed by atoms with Crippen molar-refractivity contribution < 1.29 is 13.9 Å². The first-order valence-electron chi connectivity index (χ1n) is 6.46. The van der Waals surface area contributed by atoms with Gasteiger partial charge in [-0.05, 0) is 32.0 Å². The van der Waals surface area contributed by atoms with Crippen molar-refractivity contribution in [3.8, 4) is 0 Å². The smallest absolute Gasteiger partial charge is 0.238 e. The number of halogens is 1. The van der Waals surface area contributed by atoms with E-state index in [0.29, 0.717) is 12.2 Å². The van der Waals surface area contributed by atoms with Crippen LogP contribution in [0.15, 0.2) is 24.3 Å². The first-order valence-corrected chi connectivity index (χ1v) is 6.46. The van der Waals surface area contributed by atoms with Gasteiger partial charge in [-0.2, -0.15) is 0 Å². The molecule has 1 aromatic carbocycles. The van der Waals surface area contributed by atoms with Crippen molar-refractivity contribution in [2.75, 3.05) is 25.0 Å². The monoisotopic (exact) mass is 266 g/mol. The zero-order chi connectivity index (χ0) is 13.8. The Morgan fingerprint density at radius 1 is 1.42 bits per heavy atom. The molecule has 0 saturated carbocycles. The Hall–Kier alpha value is -1.46. The van der Waals surface area contributed by atoms with Crippen LogP contribution in [-0.4, -0.2) is 42.6 Å². The van der Waals surface area contributed by atoms with Crippen molar-refractivity contribution in [2.45, 2.75) is 26.1 Å². The molecule has 1 N–H and O–H groups in total. The average molecular weight is 266 g/mol. The zero-order valence-corrected chi connectivity index (χ0v) is 11.2. The van der Waals surface area contributed by atoms with Crippen LogP contribution >= 0.6 is 0 Å². The summed E-state index contributed by atoms with van der Waals surface area (Å²) in [5, 5.41) is 2.70. The van der Waals surface area contributed by atoms with Crippen molar-refractivity contribution >= 4 is 11.6 Å².